The van der Waals surface area contributed by atoms with Crippen LogP contribution in [0.3, 0.4) is 0 Å². The minimum Gasteiger partial charge on any atom is -0.497 e. The van der Waals surface area contributed by atoms with Crippen LogP contribution in [0, 0.1) is 0 Å². The minimum atomic E-state index is -0.456. The largest absolute Gasteiger partial charge is 0.497 e. The van der Waals surface area contributed by atoms with Gasteiger partial charge in [0, 0.05) is 17.0 Å². The maximum atomic E-state index is 12.7. The maximum Gasteiger partial charge on any atom is 0.256 e. The van der Waals surface area contributed by atoms with Gasteiger partial charge in [-0.2, -0.15) is 0 Å². The molecule has 0 unspecified atom stereocenters. The van der Waals surface area contributed by atoms with Crippen LogP contribution in [0.5, 0.6) is 5.75 Å². The molecule has 1 N–H and O–H groups in total. The number of fused-ring (bicyclic) bond motifs is 3. The van der Waals surface area contributed by atoms with E-state index in [9.17, 15) is 9.59 Å². The molecule has 2 heterocycles. The summed E-state index contributed by atoms with van der Waals surface area (Å²) in [6.45, 7) is 0. The highest BCUT2D eigenvalue weighted by molar-refractivity contribution is 7.99. The van der Waals surface area contributed by atoms with Crippen LogP contribution in [0.15, 0.2) is 48.5 Å². The summed E-state index contributed by atoms with van der Waals surface area (Å²) < 4.78 is 5.11. The molecule has 4 rings (SSSR count). The van der Waals surface area contributed by atoms with Crippen LogP contribution >= 0.6 is 11.8 Å². The van der Waals surface area contributed by atoms with Crippen molar-refractivity contribution < 1.29 is 14.3 Å². The highest BCUT2D eigenvalue weighted by Gasteiger charge is 2.48. The standard InChI is InChI=1S/C18H16N2O3S/c1-23-12-8-6-11(7-9-12)19-16(21)15-10-24-18-14-5-3-2-4-13(14)17(22)20(15)18/h2-9,15,18H,10H2,1H3,(H,19,21)/t15-,18-/m1/s1. The Hall–Kier alpha value is -2.47. The number of hydrogen-bond donors (Lipinski definition) is 1. The Balaban J connectivity index is 1.53. The Bertz CT molecular complexity index is 806. The Morgan fingerprint density at radius 2 is 1.96 bits per heavy atom. The SMILES string of the molecule is COc1ccc(NC(=O)[C@H]2CS[C@@H]3c4ccccc4C(=O)N23)cc1. The lowest BCUT2D eigenvalue weighted by Gasteiger charge is -2.22. The molecule has 2 amide bonds. The van der Waals surface area contributed by atoms with Crippen molar-refractivity contribution in [1.82, 2.24) is 4.90 Å². The third-order valence-electron chi connectivity index (χ3n) is 4.35. The maximum absolute atomic E-state index is 12.7. The smallest absolute Gasteiger partial charge is 0.256 e. The zero-order chi connectivity index (χ0) is 16.7. The molecule has 2 atom stereocenters. The lowest BCUT2D eigenvalue weighted by atomic mass is 10.1. The molecule has 0 aromatic heterocycles. The van der Waals surface area contributed by atoms with E-state index >= 15 is 0 Å². The van der Waals surface area contributed by atoms with Gasteiger partial charge >= 0.3 is 0 Å². The van der Waals surface area contributed by atoms with E-state index < -0.39 is 6.04 Å². The number of nitrogens with zero attached hydrogens (tertiary/aromatic N) is 1. The lowest BCUT2D eigenvalue weighted by molar-refractivity contribution is -0.119. The molecule has 6 heteroatoms. The van der Waals surface area contributed by atoms with Crippen molar-refractivity contribution in [2.75, 3.05) is 18.2 Å². The van der Waals surface area contributed by atoms with Gasteiger partial charge in [-0.25, -0.2) is 0 Å². The number of nitrogens with one attached hydrogen (secondary N) is 1. The number of hydrogen-bond acceptors (Lipinski definition) is 4. The van der Waals surface area contributed by atoms with Gasteiger partial charge in [0.1, 0.15) is 17.2 Å². The van der Waals surface area contributed by atoms with Gasteiger partial charge in [-0.3, -0.25) is 9.59 Å². The highest BCUT2D eigenvalue weighted by atomic mass is 32.2. The quantitative estimate of drug-likeness (QED) is 0.933. The molecule has 2 aromatic carbocycles. The van der Waals surface area contributed by atoms with Crippen molar-refractivity contribution in [1.29, 1.82) is 0 Å². The van der Waals surface area contributed by atoms with Gasteiger partial charge in [-0.05, 0) is 35.9 Å². The summed E-state index contributed by atoms with van der Waals surface area (Å²) in [6, 6.07) is 14.3. The highest BCUT2D eigenvalue weighted by Crippen LogP contribution is 2.48. The summed E-state index contributed by atoms with van der Waals surface area (Å²) in [5, 5.41) is 2.84. The first-order chi connectivity index (χ1) is 11.7. The predicted octanol–water partition coefficient (Wildman–Crippen LogP) is 2.90. The molecule has 0 spiro atoms. The van der Waals surface area contributed by atoms with Crippen molar-refractivity contribution in [3.05, 3.63) is 59.7 Å². The van der Waals surface area contributed by atoms with Crippen LogP contribution in [-0.2, 0) is 4.79 Å². The number of amides is 2. The average molecular weight is 340 g/mol. The first kappa shape index (κ1) is 15.1. The summed E-state index contributed by atoms with van der Waals surface area (Å²) in [6.07, 6.45) is 0. The molecule has 2 aliphatic rings. The van der Waals surface area contributed by atoms with Crippen molar-refractivity contribution in [3.8, 4) is 5.75 Å². The van der Waals surface area contributed by atoms with E-state index in [0.29, 0.717) is 17.0 Å². The molecule has 24 heavy (non-hydrogen) atoms. The Kier molecular flexibility index (Phi) is 3.69. The number of rotatable bonds is 3. The van der Waals surface area contributed by atoms with Gasteiger partial charge in [0.2, 0.25) is 5.91 Å². The average Bonchev–Trinajstić information content (AvgIpc) is 3.17. The fraction of sp³-hybridized carbons (Fsp3) is 0.222. The number of thioether (sulfide) groups is 1. The molecule has 0 saturated carbocycles. The zero-order valence-electron chi connectivity index (χ0n) is 13.1. The van der Waals surface area contributed by atoms with E-state index in [2.05, 4.69) is 5.32 Å². The normalized spacial score (nSPS) is 21.4. The van der Waals surface area contributed by atoms with Crippen LogP contribution in [0.1, 0.15) is 21.3 Å². The van der Waals surface area contributed by atoms with Crippen LogP contribution < -0.4 is 10.1 Å². The van der Waals surface area contributed by atoms with Crippen LogP contribution in [0.4, 0.5) is 5.69 Å². The number of ether oxygens (including phenoxy) is 1. The van der Waals surface area contributed by atoms with Crippen LogP contribution in [0.25, 0.3) is 0 Å². The van der Waals surface area contributed by atoms with Crippen molar-refractivity contribution >= 4 is 29.3 Å². The summed E-state index contributed by atoms with van der Waals surface area (Å²) in [5.41, 5.74) is 2.41. The molecular formula is C18H16N2O3S. The van der Waals surface area contributed by atoms with Gasteiger partial charge in [-0.15, -0.1) is 11.8 Å². The molecule has 5 nitrogen and oxygen atoms in total. The third kappa shape index (κ3) is 2.34. The fourth-order valence-electron chi connectivity index (χ4n) is 3.14. The number of carbonyl (C=O) groups excluding carboxylic acids is 2. The summed E-state index contributed by atoms with van der Waals surface area (Å²) in [5.74, 6) is 1.12. The van der Waals surface area contributed by atoms with Gasteiger partial charge in [0.15, 0.2) is 0 Å². The van der Waals surface area contributed by atoms with Crippen molar-refractivity contribution in [2.45, 2.75) is 11.4 Å². The van der Waals surface area contributed by atoms with Gasteiger partial charge < -0.3 is 15.0 Å². The summed E-state index contributed by atoms with van der Waals surface area (Å²) >= 11 is 1.64. The molecule has 1 saturated heterocycles. The number of benzene rings is 2. The van der Waals surface area contributed by atoms with E-state index in [1.54, 1.807) is 48.0 Å². The molecule has 2 aromatic rings. The minimum absolute atomic E-state index is 0.0553. The second-order valence-electron chi connectivity index (χ2n) is 5.72. The predicted molar refractivity (Wildman–Crippen MR) is 93.2 cm³/mol. The summed E-state index contributed by atoms with van der Waals surface area (Å²) in [4.78, 5) is 27.0. The van der Waals surface area contributed by atoms with E-state index in [1.165, 1.54) is 0 Å². The first-order valence-electron chi connectivity index (χ1n) is 7.67. The number of methoxy groups -OCH3 is 1. The topological polar surface area (TPSA) is 58.6 Å². The Morgan fingerprint density at radius 3 is 2.71 bits per heavy atom. The van der Waals surface area contributed by atoms with E-state index in [-0.39, 0.29) is 17.2 Å². The summed E-state index contributed by atoms with van der Waals surface area (Å²) in [7, 11) is 1.60. The molecular weight excluding hydrogens is 324 g/mol. The van der Waals surface area contributed by atoms with Crippen LogP contribution in [0.2, 0.25) is 0 Å². The molecule has 0 aliphatic carbocycles. The lowest BCUT2D eigenvalue weighted by Crippen LogP contribution is -2.42. The van der Waals surface area contributed by atoms with E-state index in [4.69, 9.17) is 4.74 Å². The van der Waals surface area contributed by atoms with Crippen LogP contribution in [-0.4, -0.2) is 35.6 Å². The molecule has 2 aliphatic heterocycles. The van der Waals surface area contributed by atoms with Gasteiger partial charge in [-0.1, -0.05) is 18.2 Å². The van der Waals surface area contributed by atoms with E-state index in [0.717, 1.165) is 11.3 Å². The molecule has 122 valence electrons. The first-order valence-corrected chi connectivity index (χ1v) is 8.72. The van der Waals surface area contributed by atoms with Gasteiger partial charge in [0.05, 0.1) is 7.11 Å². The van der Waals surface area contributed by atoms with Gasteiger partial charge in [0.25, 0.3) is 5.91 Å². The Labute approximate surface area is 144 Å². The molecule has 0 radical (unpaired) electrons. The Morgan fingerprint density at radius 1 is 1.21 bits per heavy atom. The second kappa shape index (κ2) is 5.87. The van der Waals surface area contributed by atoms with Crippen molar-refractivity contribution in [3.63, 3.8) is 0 Å². The number of anilines is 1. The third-order valence-corrected chi connectivity index (χ3v) is 5.66. The molecule has 0 bridgehead atoms. The fourth-order valence-corrected chi connectivity index (χ4v) is 4.61. The number of carbonyl (C=O) groups is 2. The monoisotopic (exact) mass is 340 g/mol. The molecule has 1 fully saturated rings. The zero-order valence-corrected chi connectivity index (χ0v) is 13.9. The van der Waals surface area contributed by atoms with E-state index in [1.807, 2.05) is 24.3 Å². The second-order valence-corrected chi connectivity index (χ2v) is 6.83. The van der Waals surface area contributed by atoms with Crippen molar-refractivity contribution in [2.24, 2.45) is 0 Å².